The first-order chi connectivity index (χ1) is 34.0. The van der Waals surface area contributed by atoms with Crippen LogP contribution in [0.1, 0.15) is 355 Å². The summed E-state index contributed by atoms with van der Waals surface area (Å²) in [5.41, 5.74) is 0. The van der Waals surface area contributed by atoms with Crippen LogP contribution in [-0.2, 0) is 28.6 Å². The summed E-state index contributed by atoms with van der Waals surface area (Å²) in [5, 5.41) is 0. The molecule has 0 aromatic rings. The van der Waals surface area contributed by atoms with Crippen molar-refractivity contribution in [1.29, 1.82) is 0 Å². The molecule has 0 fully saturated rings. The molecule has 0 aliphatic carbocycles. The zero-order valence-corrected chi connectivity index (χ0v) is 46.9. The van der Waals surface area contributed by atoms with Crippen LogP contribution < -0.4 is 0 Å². The maximum absolute atomic E-state index is 12.9. The molecule has 0 heterocycles. The molecule has 0 aromatic carbocycles. The van der Waals surface area contributed by atoms with Crippen LogP contribution in [0.3, 0.4) is 0 Å². The van der Waals surface area contributed by atoms with Crippen LogP contribution in [-0.4, -0.2) is 37.2 Å². The molecule has 1 atom stereocenters. The van der Waals surface area contributed by atoms with Gasteiger partial charge in [0.25, 0.3) is 0 Å². The minimum absolute atomic E-state index is 0.0671. The maximum Gasteiger partial charge on any atom is 0.306 e. The Hall–Kier alpha value is -1.85. The molecule has 408 valence electrons. The smallest absolute Gasteiger partial charge is 0.306 e. The molecule has 0 radical (unpaired) electrons. The van der Waals surface area contributed by atoms with Crippen molar-refractivity contribution >= 4 is 17.9 Å². The predicted octanol–water partition coefficient (Wildman–Crippen LogP) is 20.9. The van der Waals surface area contributed by atoms with Gasteiger partial charge in [-0.3, -0.25) is 14.4 Å². The van der Waals surface area contributed by atoms with E-state index in [1.807, 2.05) is 0 Å². The van der Waals surface area contributed by atoms with E-state index in [1.54, 1.807) is 0 Å². The molecule has 0 aliphatic heterocycles. The van der Waals surface area contributed by atoms with E-state index in [0.717, 1.165) is 64.2 Å². The van der Waals surface area contributed by atoms with Crippen molar-refractivity contribution in [3.8, 4) is 0 Å². The fraction of sp³-hybridized carbons (Fsp3) is 0.921. The quantitative estimate of drug-likeness (QED) is 0.0261. The summed E-state index contributed by atoms with van der Waals surface area (Å²) >= 11 is 0. The van der Waals surface area contributed by atoms with Gasteiger partial charge in [-0.25, -0.2) is 0 Å². The van der Waals surface area contributed by atoms with Gasteiger partial charge in [0.2, 0.25) is 0 Å². The Balaban J connectivity index is 4.25. The number of allylic oxidation sites excluding steroid dienone is 2. The van der Waals surface area contributed by atoms with Crippen LogP contribution in [0, 0.1) is 0 Å². The van der Waals surface area contributed by atoms with Crippen LogP contribution >= 0.6 is 0 Å². The fourth-order valence-corrected chi connectivity index (χ4v) is 9.56. The van der Waals surface area contributed by atoms with Gasteiger partial charge in [0.1, 0.15) is 13.2 Å². The molecular formula is C63H120O6. The molecule has 0 aromatic heterocycles. The van der Waals surface area contributed by atoms with E-state index in [2.05, 4.69) is 32.9 Å². The summed E-state index contributed by atoms with van der Waals surface area (Å²) in [6, 6.07) is 0. The molecule has 0 N–H and O–H groups in total. The van der Waals surface area contributed by atoms with Gasteiger partial charge in [-0.1, -0.05) is 303 Å². The molecule has 69 heavy (non-hydrogen) atoms. The zero-order valence-electron chi connectivity index (χ0n) is 46.9. The Kier molecular flexibility index (Phi) is 57.1. The number of hydrogen-bond donors (Lipinski definition) is 0. The second-order valence-electron chi connectivity index (χ2n) is 21.3. The van der Waals surface area contributed by atoms with Gasteiger partial charge in [0.15, 0.2) is 6.10 Å². The summed E-state index contributed by atoms with van der Waals surface area (Å²) in [6.07, 6.45) is 67.9. The first-order valence-electron chi connectivity index (χ1n) is 31.2. The van der Waals surface area contributed by atoms with E-state index in [1.165, 1.54) is 250 Å². The van der Waals surface area contributed by atoms with Crippen LogP contribution in [0.5, 0.6) is 0 Å². The van der Waals surface area contributed by atoms with Gasteiger partial charge < -0.3 is 14.2 Å². The van der Waals surface area contributed by atoms with Crippen molar-refractivity contribution in [3.63, 3.8) is 0 Å². The number of esters is 3. The number of carbonyl (C=O) groups is 3. The number of rotatable bonds is 58. The van der Waals surface area contributed by atoms with Gasteiger partial charge in [0, 0.05) is 19.3 Å². The van der Waals surface area contributed by atoms with E-state index in [-0.39, 0.29) is 31.1 Å². The summed E-state index contributed by atoms with van der Waals surface area (Å²) in [5.74, 6) is -0.847. The third kappa shape index (κ3) is 56.9. The van der Waals surface area contributed by atoms with Gasteiger partial charge in [-0.05, 0) is 44.9 Å². The maximum atomic E-state index is 12.9. The molecule has 0 aliphatic rings. The lowest BCUT2D eigenvalue weighted by Gasteiger charge is -2.18. The summed E-state index contributed by atoms with van der Waals surface area (Å²) in [7, 11) is 0. The van der Waals surface area contributed by atoms with Crippen molar-refractivity contribution in [2.45, 2.75) is 361 Å². The van der Waals surface area contributed by atoms with Crippen LogP contribution in [0.4, 0.5) is 0 Å². The second-order valence-corrected chi connectivity index (χ2v) is 21.3. The molecule has 6 nitrogen and oxygen atoms in total. The zero-order chi connectivity index (χ0) is 50.0. The first-order valence-corrected chi connectivity index (χ1v) is 31.2. The van der Waals surface area contributed by atoms with Gasteiger partial charge in [-0.15, -0.1) is 0 Å². The summed E-state index contributed by atoms with van der Waals surface area (Å²) in [4.78, 5) is 38.2. The monoisotopic (exact) mass is 973 g/mol. The van der Waals surface area contributed by atoms with Crippen LogP contribution in [0.15, 0.2) is 12.2 Å². The van der Waals surface area contributed by atoms with Crippen LogP contribution in [0.2, 0.25) is 0 Å². The van der Waals surface area contributed by atoms with Crippen molar-refractivity contribution in [2.24, 2.45) is 0 Å². The van der Waals surface area contributed by atoms with Crippen molar-refractivity contribution in [3.05, 3.63) is 12.2 Å². The molecule has 0 rings (SSSR count). The average molecular weight is 974 g/mol. The van der Waals surface area contributed by atoms with Gasteiger partial charge in [0.05, 0.1) is 0 Å². The van der Waals surface area contributed by atoms with Crippen molar-refractivity contribution in [1.82, 2.24) is 0 Å². The van der Waals surface area contributed by atoms with E-state index in [0.29, 0.717) is 19.3 Å². The number of carbonyl (C=O) groups excluding carboxylic acids is 3. The highest BCUT2D eigenvalue weighted by Gasteiger charge is 2.19. The van der Waals surface area contributed by atoms with Crippen molar-refractivity contribution in [2.75, 3.05) is 13.2 Å². The minimum Gasteiger partial charge on any atom is -0.462 e. The third-order valence-electron chi connectivity index (χ3n) is 14.3. The third-order valence-corrected chi connectivity index (χ3v) is 14.3. The average Bonchev–Trinajstić information content (AvgIpc) is 3.35. The summed E-state index contributed by atoms with van der Waals surface area (Å²) in [6.45, 7) is 6.70. The van der Waals surface area contributed by atoms with E-state index < -0.39 is 6.10 Å². The molecule has 0 saturated carbocycles. The Labute approximate surface area is 431 Å². The SMILES string of the molecule is CCCCCCCC/C=C\CCCCCCCC(=O)OC(COC(=O)CCCCCCCCCCCCCCCC)COC(=O)CCCCCCCCCCCCCCCCCCCCCCCC. The molecule has 0 spiro atoms. The fourth-order valence-electron chi connectivity index (χ4n) is 9.56. The number of ether oxygens (including phenoxy) is 3. The Morgan fingerprint density at radius 2 is 0.478 bits per heavy atom. The Morgan fingerprint density at radius 1 is 0.275 bits per heavy atom. The largest absolute Gasteiger partial charge is 0.462 e. The van der Waals surface area contributed by atoms with E-state index >= 15 is 0 Å². The van der Waals surface area contributed by atoms with E-state index in [4.69, 9.17) is 14.2 Å². The predicted molar refractivity (Wildman–Crippen MR) is 298 cm³/mol. The molecule has 0 bridgehead atoms. The highest BCUT2D eigenvalue weighted by atomic mass is 16.6. The molecular weight excluding hydrogens is 853 g/mol. The lowest BCUT2D eigenvalue weighted by Crippen LogP contribution is -2.30. The Morgan fingerprint density at radius 3 is 0.725 bits per heavy atom. The van der Waals surface area contributed by atoms with Gasteiger partial charge in [-0.2, -0.15) is 0 Å². The second kappa shape index (κ2) is 58.7. The number of hydrogen-bond acceptors (Lipinski definition) is 6. The topological polar surface area (TPSA) is 78.9 Å². The van der Waals surface area contributed by atoms with Crippen LogP contribution in [0.25, 0.3) is 0 Å². The molecule has 1 unspecified atom stereocenters. The summed E-state index contributed by atoms with van der Waals surface area (Å²) < 4.78 is 16.9. The lowest BCUT2D eigenvalue weighted by molar-refractivity contribution is -0.167. The first kappa shape index (κ1) is 67.1. The number of unbranched alkanes of at least 4 members (excludes halogenated alkanes) is 45. The molecule has 6 heteroatoms. The standard InChI is InChI=1S/C63H120O6/c1-4-7-10-13-16-19-22-25-28-29-30-31-32-33-34-36-38-41-44-47-50-53-56-62(65)68-59-60(58-67-61(64)55-52-49-46-43-40-37-27-24-21-18-15-12-9-6-3)69-63(66)57-54-51-48-45-42-39-35-26-23-20-17-14-11-8-5-2/h26,35,60H,4-25,27-34,36-59H2,1-3H3/b35-26-. The minimum atomic E-state index is -0.769. The lowest BCUT2D eigenvalue weighted by atomic mass is 10.0. The molecule has 0 amide bonds. The molecule has 0 saturated heterocycles. The highest BCUT2D eigenvalue weighted by Crippen LogP contribution is 2.18. The highest BCUT2D eigenvalue weighted by molar-refractivity contribution is 5.71. The van der Waals surface area contributed by atoms with Gasteiger partial charge >= 0.3 is 17.9 Å². The van der Waals surface area contributed by atoms with Crippen molar-refractivity contribution < 1.29 is 28.6 Å². The normalized spacial score (nSPS) is 12.0. The van der Waals surface area contributed by atoms with E-state index in [9.17, 15) is 14.4 Å². The Bertz CT molecular complexity index is 1070.